The van der Waals surface area contributed by atoms with E-state index in [0.717, 1.165) is 15.5 Å². The van der Waals surface area contributed by atoms with Crippen molar-refractivity contribution in [3.8, 4) is 0 Å². The third kappa shape index (κ3) is 2.00. The molecule has 16 heavy (non-hydrogen) atoms. The summed E-state index contributed by atoms with van der Waals surface area (Å²) in [6.07, 6.45) is -0.346. The molecule has 0 aliphatic carbocycles. The molecule has 6 heteroatoms. The average molecular weight is 310 g/mol. The Hall–Kier alpha value is 0.220. The monoisotopic (exact) mass is 309 g/mol. The highest BCUT2D eigenvalue weighted by Gasteiger charge is 2.57. The van der Waals surface area contributed by atoms with Crippen molar-refractivity contribution < 1.29 is 14.2 Å². The lowest BCUT2D eigenvalue weighted by molar-refractivity contribution is -0.496. The second-order valence-electron chi connectivity index (χ2n) is 4.34. The highest BCUT2D eigenvalue weighted by atomic mass is 79.9. The Bertz CT molecular complexity index is 321. The van der Waals surface area contributed by atoms with E-state index in [-0.39, 0.29) is 18.2 Å². The summed E-state index contributed by atoms with van der Waals surface area (Å²) in [5.74, 6) is 0.284. The summed E-state index contributed by atoms with van der Waals surface area (Å²) in [6, 6.07) is -0.180. The maximum atomic E-state index is 12.0. The zero-order valence-corrected chi connectivity index (χ0v) is 12.0. The molecule has 0 saturated carbocycles. The number of rotatable bonds is 2. The molecule has 2 heterocycles. The molecule has 0 unspecified atom stereocenters. The number of fused-ring (bicyclic) bond motifs is 1. The van der Waals surface area contributed by atoms with Gasteiger partial charge in [0.15, 0.2) is 18.0 Å². The van der Waals surface area contributed by atoms with E-state index in [2.05, 4.69) is 15.9 Å². The summed E-state index contributed by atoms with van der Waals surface area (Å²) >= 11 is 4.92. The van der Waals surface area contributed by atoms with Crippen LogP contribution in [-0.2, 0) is 9.47 Å². The number of halogens is 1. The molecular weight excluding hydrogens is 294 g/mol. The average Bonchev–Trinajstić information content (AvgIpc) is 2.61. The molecule has 0 N–H and O–H groups in total. The Morgan fingerprint density at radius 1 is 1.50 bits per heavy atom. The number of thioether (sulfide) groups is 1. The Balaban J connectivity index is 2.26. The second-order valence-corrected chi connectivity index (χ2v) is 6.27. The smallest absolute Gasteiger partial charge is 0.254 e. The second kappa shape index (κ2) is 4.48. The molecule has 0 aromatic heterocycles. The Morgan fingerprint density at radius 3 is 2.75 bits per heavy atom. The van der Waals surface area contributed by atoms with E-state index in [1.807, 2.05) is 20.8 Å². The van der Waals surface area contributed by atoms with Gasteiger partial charge in [-0.2, -0.15) is 4.74 Å². The third-order valence-electron chi connectivity index (χ3n) is 2.72. The first kappa shape index (κ1) is 12.7. The van der Waals surface area contributed by atoms with Gasteiger partial charge in [0.25, 0.3) is 5.04 Å². The summed E-state index contributed by atoms with van der Waals surface area (Å²) in [4.78, 5) is 0. The first-order valence-electron chi connectivity index (χ1n) is 5.37. The molecule has 4 nitrogen and oxygen atoms in total. The molecule has 3 atom stereocenters. The molecule has 0 radical (unpaired) electrons. The van der Waals surface area contributed by atoms with Gasteiger partial charge in [0.05, 0.1) is 5.33 Å². The zero-order valence-electron chi connectivity index (χ0n) is 9.60. The van der Waals surface area contributed by atoms with Crippen LogP contribution in [0.3, 0.4) is 0 Å². The molecule has 92 valence electrons. The van der Waals surface area contributed by atoms with Crippen molar-refractivity contribution in [2.75, 3.05) is 11.1 Å². The van der Waals surface area contributed by atoms with Crippen LogP contribution in [0.1, 0.15) is 20.8 Å². The number of hydrogen-bond donors (Lipinski definition) is 0. The lowest BCUT2D eigenvalue weighted by Crippen LogP contribution is -2.35. The lowest BCUT2D eigenvalue weighted by atomic mass is 10.1. The van der Waals surface area contributed by atoms with Crippen LogP contribution >= 0.6 is 27.7 Å². The third-order valence-corrected chi connectivity index (χ3v) is 4.38. The van der Waals surface area contributed by atoms with Gasteiger partial charge >= 0.3 is 0 Å². The number of hydrogen-bond acceptors (Lipinski definition) is 4. The molecule has 0 bridgehead atoms. The van der Waals surface area contributed by atoms with E-state index < -0.39 is 5.79 Å². The minimum absolute atomic E-state index is 0.152. The van der Waals surface area contributed by atoms with Crippen molar-refractivity contribution in [2.45, 2.75) is 44.8 Å². The van der Waals surface area contributed by atoms with Gasteiger partial charge in [0.2, 0.25) is 6.04 Å². The van der Waals surface area contributed by atoms with Gasteiger partial charge in [-0.3, -0.25) is 0 Å². The van der Waals surface area contributed by atoms with Crippen LogP contribution in [0.4, 0.5) is 0 Å². The first-order chi connectivity index (χ1) is 7.50. The topological polar surface area (TPSA) is 44.5 Å². The summed E-state index contributed by atoms with van der Waals surface area (Å²) in [7, 11) is 0. The van der Waals surface area contributed by atoms with Gasteiger partial charge in [0, 0.05) is 5.75 Å². The SMILES string of the molecule is CCSC1=[N+]([O-])[C@@H](CBr)[C@H]2OC(C)(C)O[C@@H]12. The number of hydroxylamine groups is 1. The van der Waals surface area contributed by atoms with Crippen molar-refractivity contribution in [3.05, 3.63) is 5.21 Å². The van der Waals surface area contributed by atoms with Crippen molar-refractivity contribution >= 4 is 32.7 Å². The highest BCUT2D eigenvalue weighted by Crippen LogP contribution is 2.38. The fourth-order valence-electron chi connectivity index (χ4n) is 2.13. The minimum Gasteiger partial charge on any atom is -0.623 e. The van der Waals surface area contributed by atoms with E-state index in [1.54, 1.807) is 11.8 Å². The van der Waals surface area contributed by atoms with Gasteiger partial charge in [-0.05, 0) is 13.8 Å². The van der Waals surface area contributed by atoms with Crippen LogP contribution in [0, 0.1) is 5.21 Å². The van der Waals surface area contributed by atoms with Crippen molar-refractivity contribution in [1.29, 1.82) is 0 Å². The summed E-state index contributed by atoms with van der Waals surface area (Å²) < 4.78 is 12.6. The van der Waals surface area contributed by atoms with Crippen molar-refractivity contribution in [2.24, 2.45) is 0 Å². The lowest BCUT2D eigenvalue weighted by Gasteiger charge is -2.20. The fraction of sp³-hybridized carbons (Fsp3) is 0.900. The van der Waals surface area contributed by atoms with Gasteiger partial charge in [-0.15, -0.1) is 0 Å². The fourth-order valence-corrected chi connectivity index (χ4v) is 3.66. The maximum Gasteiger partial charge on any atom is 0.254 e. The van der Waals surface area contributed by atoms with Crippen LogP contribution in [0.15, 0.2) is 0 Å². The maximum absolute atomic E-state index is 12.0. The van der Waals surface area contributed by atoms with Gasteiger partial charge < -0.3 is 14.7 Å². The summed E-state index contributed by atoms with van der Waals surface area (Å²) in [5, 5.41) is 13.4. The number of alkyl halides is 1. The Labute approximate surface area is 108 Å². The number of ether oxygens (including phenoxy) is 2. The summed E-state index contributed by atoms with van der Waals surface area (Å²) in [6.45, 7) is 5.81. The van der Waals surface area contributed by atoms with E-state index in [4.69, 9.17) is 9.47 Å². The van der Waals surface area contributed by atoms with Crippen LogP contribution in [0.2, 0.25) is 0 Å². The normalized spacial score (nSPS) is 36.9. The highest BCUT2D eigenvalue weighted by molar-refractivity contribution is 9.09. The van der Waals surface area contributed by atoms with Crippen LogP contribution in [0.25, 0.3) is 0 Å². The summed E-state index contributed by atoms with van der Waals surface area (Å²) in [5.41, 5.74) is 0. The molecule has 2 rings (SSSR count). The molecule has 2 aliphatic rings. The van der Waals surface area contributed by atoms with Crippen LogP contribution in [0.5, 0.6) is 0 Å². The van der Waals surface area contributed by atoms with E-state index >= 15 is 0 Å². The van der Waals surface area contributed by atoms with Gasteiger partial charge in [-0.25, -0.2) is 0 Å². The number of nitrogens with zero attached hydrogens (tertiary/aromatic N) is 1. The van der Waals surface area contributed by atoms with Crippen LogP contribution in [-0.4, -0.2) is 44.9 Å². The predicted molar refractivity (Wildman–Crippen MR) is 68.2 cm³/mol. The zero-order chi connectivity index (χ0) is 11.9. The Kier molecular flexibility index (Phi) is 3.55. The molecular formula is C10H16BrNO3S. The van der Waals surface area contributed by atoms with Gasteiger partial charge in [-0.1, -0.05) is 34.6 Å². The standard InChI is InChI=1S/C10H16BrNO3S/c1-4-16-9-8-7(6(5-11)12(9)13)14-10(2,3)15-8/h6-8H,4-5H2,1-3H3/t6-,7+,8+/m0/s1. The molecule has 0 spiro atoms. The molecule has 2 aliphatic heterocycles. The molecule has 0 amide bonds. The van der Waals surface area contributed by atoms with Crippen molar-refractivity contribution in [3.63, 3.8) is 0 Å². The first-order valence-corrected chi connectivity index (χ1v) is 7.48. The molecule has 0 aromatic carbocycles. The predicted octanol–water partition coefficient (Wildman–Crippen LogP) is 1.95. The largest absolute Gasteiger partial charge is 0.623 e. The minimum atomic E-state index is -0.587. The van der Waals surface area contributed by atoms with E-state index in [1.165, 1.54) is 0 Å². The Morgan fingerprint density at radius 2 is 2.19 bits per heavy atom. The van der Waals surface area contributed by atoms with Crippen LogP contribution < -0.4 is 0 Å². The van der Waals surface area contributed by atoms with E-state index in [9.17, 15) is 5.21 Å². The molecule has 1 fully saturated rings. The molecule has 1 saturated heterocycles. The molecule has 0 aromatic rings. The van der Waals surface area contributed by atoms with Gasteiger partial charge in [0.1, 0.15) is 0 Å². The quantitative estimate of drug-likeness (QED) is 0.444. The van der Waals surface area contributed by atoms with Crippen molar-refractivity contribution in [1.82, 2.24) is 0 Å². The van der Waals surface area contributed by atoms with E-state index in [0.29, 0.717) is 5.33 Å².